The Morgan fingerprint density at radius 1 is 1.47 bits per heavy atom. The summed E-state index contributed by atoms with van der Waals surface area (Å²) in [7, 11) is 0. The molecule has 1 aromatic carbocycles. The van der Waals surface area contributed by atoms with Gasteiger partial charge in [0.1, 0.15) is 5.82 Å². The first-order valence-corrected chi connectivity index (χ1v) is 8.03. The number of nitrogens with zero attached hydrogens (tertiary/aromatic N) is 1. The van der Waals surface area contributed by atoms with Crippen LogP contribution in [0.5, 0.6) is 0 Å². The maximum absolute atomic E-state index is 13.7. The molecule has 0 saturated heterocycles. The molecule has 0 fully saturated rings. The summed E-state index contributed by atoms with van der Waals surface area (Å²) >= 11 is 9.02. The van der Waals surface area contributed by atoms with Crippen LogP contribution in [0.2, 0.25) is 0 Å². The van der Waals surface area contributed by atoms with Crippen molar-refractivity contribution in [2.45, 2.75) is 13.5 Å². The Labute approximate surface area is 132 Å². The first-order valence-electron chi connectivity index (χ1n) is 5.67. The van der Waals surface area contributed by atoms with Gasteiger partial charge in [0.05, 0.1) is 21.1 Å². The number of benzene rings is 1. The summed E-state index contributed by atoms with van der Waals surface area (Å²) in [6.07, 6.45) is 0. The number of hydrogen-bond acceptors (Lipinski definition) is 2. The van der Waals surface area contributed by atoms with Crippen LogP contribution in [0.3, 0.4) is 0 Å². The third-order valence-corrected chi connectivity index (χ3v) is 5.24. The van der Waals surface area contributed by atoms with E-state index in [4.69, 9.17) is 12.2 Å². The molecule has 0 saturated carbocycles. The molecule has 0 amide bonds. The minimum Gasteiger partial charge on any atom is -0.331 e. The normalized spacial score (nSPS) is 11.3. The number of nitrogens with one attached hydrogen (secondary N) is 1. The molecule has 0 spiro atoms. The molecule has 0 bridgehead atoms. The molecule has 0 radical (unpaired) electrons. The number of thiophene rings is 1. The van der Waals surface area contributed by atoms with Gasteiger partial charge in [0.25, 0.3) is 0 Å². The van der Waals surface area contributed by atoms with Gasteiger partial charge in [-0.25, -0.2) is 4.39 Å². The lowest BCUT2D eigenvalue weighted by Gasteiger charge is -2.04. The van der Waals surface area contributed by atoms with Crippen molar-refractivity contribution >= 4 is 57.2 Å². The lowest BCUT2D eigenvalue weighted by Crippen LogP contribution is -1.99. The molecule has 3 rings (SSSR count). The van der Waals surface area contributed by atoms with E-state index in [1.165, 1.54) is 10.4 Å². The predicted octanol–water partition coefficient (Wildman–Crippen LogP) is 4.86. The Kier molecular flexibility index (Phi) is 3.48. The summed E-state index contributed by atoms with van der Waals surface area (Å²) in [5.74, 6) is -0.209. The average molecular weight is 404 g/mol. The molecule has 1 N–H and O–H groups in total. The smallest absolute Gasteiger partial charge is 0.178 e. The molecule has 2 heterocycles. The van der Waals surface area contributed by atoms with Gasteiger partial charge in [-0.15, -0.1) is 11.3 Å². The zero-order valence-corrected chi connectivity index (χ0v) is 13.8. The van der Waals surface area contributed by atoms with Crippen LogP contribution in [-0.2, 0) is 6.54 Å². The van der Waals surface area contributed by atoms with Gasteiger partial charge in [0, 0.05) is 10.9 Å². The topological polar surface area (TPSA) is 20.7 Å². The van der Waals surface area contributed by atoms with Crippen molar-refractivity contribution in [1.29, 1.82) is 0 Å². The largest absolute Gasteiger partial charge is 0.331 e. The van der Waals surface area contributed by atoms with Gasteiger partial charge in [0.2, 0.25) is 0 Å². The van der Waals surface area contributed by atoms with Crippen LogP contribution < -0.4 is 0 Å². The molecule has 98 valence electrons. The zero-order valence-electron chi connectivity index (χ0n) is 10.0. The highest BCUT2D eigenvalue weighted by atomic mass is 127. The second-order valence-electron chi connectivity index (χ2n) is 4.33. The van der Waals surface area contributed by atoms with Crippen LogP contribution >= 0.6 is 46.1 Å². The van der Waals surface area contributed by atoms with E-state index in [9.17, 15) is 4.39 Å². The second kappa shape index (κ2) is 4.99. The number of fused-ring (bicyclic) bond motifs is 1. The monoisotopic (exact) mass is 404 g/mol. The van der Waals surface area contributed by atoms with Crippen LogP contribution in [-0.4, -0.2) is 9.55 Å². The Morgan fingerprint density at radius 2 is 2.26 bits per heavy atom. The standard InChI is InChI=1S/C13H10FIN2S2/c1-7-2-3-19-12(7)6-17-11-4-8(14)9(15)5-10(11)16-13(17)18/h2-5H,6H2,1H3,(H,16,18). The van der Waals surface area contributed by atoms with Crippen LogP contribution in [0.25, 0.3) is 11.0 Å². The van der Waals surface area contributed by atoms with Crippen molar-refractivity contribution in [3.63, 3.8) is 0 Å². The highest BCUT2D eigenvalue weighted by molar-refractivity contribution is 14.1. The summed E-state index contributed by atoms with van der Waals surface area (Å²) in [6, 6.07) is 5.42. The van der Waals surface area contributed by atoms with Gasteiger partial charge < -0.3 is 9.55 Å². The minimum atomic E-state index is -0.209. The summed E-state index contributed by atoms with van der Waals surface area (Å²) in [5.41, 5.74) is 2.94. The molecule has 0 unspecified atom stereocenters. The number of hydrogen-bond donors (Lipinski definition) is 1. The van der Waals surface area contributed by atoms with E-state index in [0.29, 0.717) is 14.9 Å². The SMILES string of the molecule is Cc1ccsc1Cn1c(=S)[nH]c2cc(I)c(F)cc21. The summed E-state index contributed by atoms with van der Waals surface area (Å²) in [6.45, 7) is 2.76. The van der Waals surface area contributed by atoms with Crippen molar-refractivity contribution in [2.24, 2.45) is 0 Å². The number of H-pyrrole nitrogens is 1. The third-order valence-electron chi connectivity index (χ3n) is 3.09. The Morgan fingerprint density at radius 3 is 2.95 bits per heavy atom. The fourth-order valence-corrected chi connectivity index (χ4v) is 3.65. The van der Waals surface area contributed by atoms with Gasteiger partial charge in [-0.2, -0.15) is 0 Å². The molecular formula is C13H10FIN2S2. The van der Waals surface area contributed by atoms with E-state index in [0.717, 1.165) is 11.0 Å². The summed E-state index contributed by atoms with van der Waals surface area (Å²) in [4.78, 5) is 4.38. The number of aromatic amines is 1. The van der Waals surface area contributed by atoms with Crippen LogP contribution in [0.15, 0.2) is 23.6 Å². The van der Waals surface area contributed by atoms with Crippen LogP contribution in [0.4, 0.5) is 4.39 Å². The minimum absolute atomic E-state index is 0.209. The van der Waals surface area contributed by atoms with Crippen LogP contribution in [0.1, 0.15) is 10.4 Å². The first-order chi connectivity index (χ1) is 9.06. The number of halogens is 2. The van der Waals surface area contributed by atoms with E-state index >= 15 is 0 Å². The average Bonchev–Trinajstić information content (AvgIpc) is 2.88. The van der Waals surface area contributed by atoms with Gasteiger partial charge in [-0.1, -0.05) is 0 Å². The third kappa shape index (κ3) is 2.36. The zero-order chi connectivity index (χ0) is 13.6. The fraction of sp³-hybridized carbons (Fsp3) is 0.154. The maximum atomic E-state index is 13.7. The van der Waals surface area contributed by atoms with Crippen molar-refractivity contribution < 1.29 is 4.39 Å². The molecule has 6 heteroatoms. The quantitative estimate of drug-likeness (QED) is 0.478. The molecule has 19 heavy (non-hydrogen) atoms. The number of rotatable bonds is 2. The fourth-order valence-electron chi connectivity index (χ4n) is 2.02. The lowest BCUT2D eigenvalue weighted by molar-refractivity contribution is 0.621. The molecular weight excluding hydrogens is 394 g/mol. The van der Waals surface area contributed by atoms with Crippen LogP contribution in [0, 0.1) is 21.1 Å². The van der Waals surface area contributed by atoms with Crippen molar-refractivity contribution in [3.8, 4) is 0 Å². The van der Waals surface area contributed by atoms with E-state index in [-0.39, 0.29) is 5.82 Å². The second-order valence-corrected chi connectivity index (χ2v) is 6.88. The van der Waals surface area contributed by atoms with Crippen molar-refractivity contribution in [3.05, 3.63) is 48.2 Å². The van der Waals surface area contributed by atoms with Crippen molar-refractivity contribution in [2.75, 3.05) is 0 Å². The lowest BCUT2D eigenvalue weighted by atomic mass is 10.2. The maximum Gasteiger partial charge on any atom is 0.178 e. The Hall–Kier alpha value is -0.730. The van der Waals surface area contributed by atoms with E-state index in [2.05, 4.69) is 23.4 Å². The highest BCUT2D eigenvalue weighted by Crippen LogP contribution is 2.23. The molecule has 0 aliphatic carbocycles. The van der Waals surface area contributed by atoms with Gasteiger partial charge in [-0.05, 0) is 64.8 Å². The van der Waals surface area contributed by atoms with Crippen molar-refractivity contribution in [1.82, 2.24) is 9.55 Å². The summed E-state index contributed by atoms with van der Waals surface area (Å²) < 4.78 is 16.9. The number of imidazole rings is 1. The van der Waals surface area contributed by atoms with E-state index in [1.54, 1.807) is 23.5 Å². The molecule has 0 atom stereocenters. The summed E-state index contributed by atoms with van der Waals surface area (Å²) in [5, 5.41) is 2.06. The van der Waals surface area contributed by atoms with Gasteiger partial charge in [-0.3, -0.25) is 0 Å². The molecule has 2 nitrogen and oxygen atoms in total. The van der Waals surface area contributed by atoms with E-state index in [1.807, 2.05) is 27.2 Å². The Balaban J connectivity index is 2.18. The molecule has 0 aliphatic rings. The number of aromatic nitrogens is 2. The number of aryl methyl sites for hydroxylation is 1. The molecule has 3 aromatic rings. The van der Waals surface area contributed by atoms with E-state index < -0.39 is 0 Å². The molecule has 2 aromatic heterocycles. The predicted molar refractivity (Wildman–Crippen MR) is 88.0 cm³/mol. The highest BCUT2D eigenvalue weighted by Gasteiger charge is 2.10. The van der Waals surface area contributed by atoms with Gasteiger partial charge >= 0.3 is 0 Å². The first kappa shape index (κ1) is 13.3. The Bertz CT molecular complexity index is 816. The molecule has 0 aliphatic heterocycles. The van der Waals surface area contributed by atoms with Gasteiger partial charge in [0.15, 0.2) is 4.77 Å².